The highest BCUT2D eigenvalue weighted by atomic mass is 16.5. The van der Waals surface area contributed by atoms with Crippen molar-refractivity contribution in [3.63, 3.8) is 0 Å². The number of ether oxygens (including phenoxy) is 2. The molecule has 2 aromatic heterocycles. The minimum atomic E-state index is -0.922. The molecule has 10 nitrogen and oxygen atoms in total. The third kappa shape index (κ3) is 8.63. The number of unbranched alkanes of at least 4 members (excludes halogenated alkanes) is 1. The highest BCUT2D eigenvalue weighted by Gasteiger charge is 2.20. The van der Waals surface area contributed by atoms with Crippen LogP contribution in [0.5, 0.6) is 6.01 Å². The normalized spacial score (nSPS) is 14.6. The van der Waals surface area contributed by atoms with Crippen molar-refractivity contribution in [1.82, 2.24) is 19.9 Å². The molecule has 0 spiro atoms. The molecule has 0 amide bonds. The molecule has 1 aliphatic rings. The van der Waals surface area contributed by atoms with Gasteiger partial charge in [0.2, 0.25) is 0 Å². The Kier molecular flexibility index (Phi) is 10.5. The Morgan fingerprint density at radius 1 is 1.23 bits per heavy atom. The van der Waals surface area contributed by atoms with Crippen LogP contribution in [0.15, 0.2) is 24.4 Å². The maximum Gasteiger partial charge on any atom is 0.326 e. The summed E-state index contributed by atoms with van der Waals surface area (Å²) in [4.78, 5) is 27.1. The number of fused-ring (bicyclic) bond motifs is 1. The van der Waals surface area contributed by atoms with E-state index in [1.165, 1.54) is 18.9 Å². The van der Waals surface area contributed by atoms with Gasteiger partial charge in [0.1, 0.15) is 17.7 Å². The van der Waals surface area contributed by atoms with Gasteiger partial charge >= 0.3 is 12.0 Å². The van der Waals surface area contributed by atoms with Crippen LogP contribution in [0, 0.1) is 0 Å². The van der Waals surface area contributed by atoms with Crippen molar-refractivity contribution in [2.75, 3.05) is 51.0 Å². The van der Waals surface area contributed by atoms with E-state index in [1.54, 1.807) is 13.2 Å². The number of aliphatic carboxylic acids is 1. The van der Waals surface area contributed by atoms with E-state index >= 15 is 0 Å². The summed E-state index contributed by atoms with van der Waals surface area (Å²) in [7, 11) is 3.17. The zero-order valence-electron chi connectivity index (χ0n) is 21.0. The molecule has 0 saturated heterocycles. The fourth-order valence-electron chi connectivity index (χ4n) is 4.15. The van der Waals surface area contributed by atoms with E-state index in [9.17, 15) is 9.90 Å². The summed E-state index contributed by atoms with van der Waals surface area (Å²) < 4.78 is 10.5. The zero-order chi connectivity index (χ0) is 25.0. The van der Waals surface area contributed by atoms with Gasteiger partial charge in [-0.2, -0.15) is 4.98 Å². The lowest BCUT2D eigenvalue weighted by molar-refractivity contribution is -0.138. The van der Waals surface area contributed by atoms with Crippen LogP contribution in [0.1, 0.15) is 43.9 Å². The van der Waals surface area contributed by atoms with Gasteiger partial charge in [-0.3, -0.25) is 0 Å². The topological polar surface area (TPSA) is 122 Å². The number of carboxylic acids is 1. The van der Waals surface area contributed by atoms with E-state index in [4.69, 9.17) is 14.5 Å². The van der Waals surface area contributed by atoms with Gasteiger partial charge in [-0.25, -0.2) is 14.8 Å². The summed E-state index contributed by atoms with van der Waals surface area (Å²) in [5.41, 5.74) is 2.42. The van der Waals surface area contributed by atoms with Crippen LogP contribution in [0.25, 0.3) is 0 Å². The number of rotatable bonds is 15. The van der Waals surface area contributed by atoms with Gasteiger partial charge < -0.3 is 30.1 Å². The number of nitrogens with one attached hydrogen (secondary N) is 2. The van der Waals surface area contributed by atoms with Crippen LogP contribution < -0.4 is 15.4 Å². The number of nitrogens with zero attached hydrogens (tertiary/aromatic N) is 4. The highest BCUT2D eigenvalue weighted by molar-refractivity contribution is 5.76. The highest BCUT2D eigenvalue weighted by Crippen LogP contribution is 2.20. The average Bonchev–Trinajstić information content (AvgIpc) is 2.88. The molecule has 192 valence electrons. The molecule has 10 heteroatoms. The Hall–Kier alpha value is -2.98. The maximum atomic E-state index is 11.9. The largest absolute Gasteiger partial charge is 0.480 e. The lowest BCUT2D eigenvalue weighted by Crippen LogP contribution is -2.38. The van der Waals surface area contributed by atoms with Crippen molar-refractivity contribution >= 4 is 17.6 Å². The summed E-state index contributed by atoms with van der Waals surface area (Å²) in [5, 5.41) is 16.1. The Morgan fingerprint density at radius 3 is 2.86 bits per heavy atom. The lowest BCUT2D eigenvalue weighted by atomic mass is 10.1. The van der Waals surface area contributed by atoms with Gasteiger partial charge in [-0.15, -0.1) is 0 Å². The molecule has 0 radical (unpaired) electrons. The fourth-order valence-corrected chi connectivity index (χ4v) is 4.15. The number of aromatic nitrogens is 3. The third-order valence-electron chi connectivity index (χ3n) is 6.20. The minimum Gasteiger partial charge on any atom is -0.480 e. The smallest absolute Gasteiger partial charge is 0.326 e. The number of carboxylic acid groups (broad SMARTS) is 1. The first kappa shape index (κ1) is 26.6. The molecule has 35 heavy (non-hydrogen) atoms. The van der Waals surface area contributed by atoms with Crippen molar-refractivity contribution in [1.29, 1.82) is 0 Å². The number of anilines is 2. The van der Waals surface area contributed by atoms with Crippen LogP contribution >= 0.6 is 0 Å². The van der Waals surface area contributed by atoms with Crippen LogP contribution in [0.4, 0.5) is 11.6 Å². The molecule has 0 fully saturated rings. The number of aryl methyl sites for hydroxylation is 2. The van der Waals surface area contributed by atoms with Crippen LogP contribution in [-0.2, 0) is 22.4 Å². The second-order valence-electron chi connectivity index (χ2n) is 8.90. The minimum absolute atomic E-state index is 0.0609. The zero-order valence-corrected chi connectivity index (χ0v) is 21.0. The summed E-state index contributed by atoms with van der Waals surface area (Å²) >= 11 is 0. The Balaban J connectivity index is 1.50. The number of pyridine rings is 1. The molecule has 0 aliphatic carbocycles. The molecule has 3 rings (SSSR count). The number of methoxy groups -OCH3 is 2. The first-order valence-corrected chi connectivity index (χ1v) is 12.3. The van der Waals surface area contributed by atoms with Crippen molar-refractivity contribution in [3.05, 3.63) is 35.7 Å². The van der Waals surface area contributed by atoms with Crippen LogP contribution in [0.3, 0.4) is 0 Å². The summed E-state index contributed by atoms with van der Waals surface area (Å²) in [5.74, 6) is 0.542. The molecule has 2 atom stereocenters. The van der Waals surface area contributed by atoms with Crippen molar-refractivity contribution < 1.29 is 19.4 Å². The standard InChI is InChI=1S/C25H38N6O4/c1-18(34-2)17-31(15-5-4-8-20-10-9-19-7-6-13-26-23(19)28-20)16-12-21(24(32)33)29-22-11-14-27-25(30-22)35-3/h9-11,14,18,21H,4-8,12-13,15-17H2,1-3H3,(H,26,28)(H,32,33)(H,27,29,30). The second kappa shape index (κ2) is 13.8. The van der Waals surface area contributed by atoms with E-state index in [2.05, 4.69) is 37.6 Å². The van der Waals surface area contributed by atoms with Crippen molar-refractivity contribution in [2.24, 2.45) is 0 Å². The van der Waals surface area contributed by atoms with Crippen molar-refractivity contribution in [2.45, 2.75) is 57.6 Å². The van der Waals surface area contributed by atoms with Gasteiger partial charge in [-0.1, -0.05) is 6.07 Å². The SMILES string of the molecule is COc1nccc(NC(CCN(CCCCc2ccc3c(n2)NCCC3)CC(C)OC)C(=O)O)n1. The molecule has 2 unspecified atom stereocenters. The quantitative estimate of drug-likeness (QED) is 0.324. The number of hydrogen-bond donors (Lipinski definition) is 3. The number of hydrogen-bond acceptors (Lipinski definition) is 9. The van der Waals surface area contributed by atoms with E-state index in [1.807, 2.05) is 6.92 Å². The van der Waals surface area contributed by atoms with E-state index in [0.29, 0.717) is 18.8 Å². The van der Waals surface area contributed by atoms with Gasteiger partial charge in [-0.05, 0) is 69.7 Å². The average molecular weight is 487 g/mol. The Labute approximate surface area is 207 Å². The first-order valence-electron chi connectivity index (χ1n) is 12.3. The predicted molar refractivity (Wildman–Crippen MR) is 135 cm³/mol. The predicted octanol–water partition coefficient (Wildman–Crippen LogP) is 2.85. The molecule has 1 aliphatic heterocycles. The van der Waals surface area contributed by atoms with Crippen molar-refractivity contribution in [3.8, 4) is 6.01 Å². The Morgan fingerprint density at radius 2 is 2.09 bits per heavy atom. The molecule has 3 N–H and O–H groups in total. The second-order valence-corrected chi connectivity index (χ2v) is 8.90. The Bertz CT molecular complexity index is 944. The first-order chi connectivity index (χ1) is 17.0. The van der Waals surface area contributed by atoms with E-state index in [-0.39, 0.29) is 12.1 Å². The molecule has 3 heterocycles. The molecular weight excluding hydrogens is 448 g/mol. The van der Waals surface area contributed by atoms with Crippen LogP contribution in [0.2, 0.25) is 0 Å². The van der Waals surface area contributed by atoms with Gasteiger partial charge in [0, 0.05) is 38.6 Å². The van der Waals surface area contributed by atoms with Gasteiger partial charge in [0.25, 0.3) is 0 Å². The summed E-state index contributed by atoms with van der Waals surface area (Å²) in [6, 6.07) is 5.39. The fraction of sp³-hybridized carbons (Fsp3) is 0.600. The monoisotopic (exact) mass is 486 g/mol. The molecule has 0 bridgehead atoms. The van der Waals surface area contributed by atoms with Crippen LogP contribution in [-0.4, -0.2) is 83.5 Å². The molecule has 2 aromatic rings. The number of carbonyl (C=O) groups is 1. The van der Waals surface area contributed by atoms with E-state index < -0.39 is 12.0 Å². The summed E-state index contributed by atoms with van der Waals surface area (Å²) in [6.45, 7) is 5.25. The molecular formula is C25H38N6O4. The maximum absolute atomic E-state index is 11.9. The van der Waals surface area contributed by atoms with E-state index in [0.717, 1.165) is 63.3 Å². The van der Waals surface area contributed by atoms with Gasteiger partial charge in [0.05, 0.1) is 13.2 Å². The lowest BCUT2D eigenvalue weighted by Gasteiger charge is -2.26. The summed E-state index contributed by atoms with van der Waals surface area (Å²) in [6.07, 6.45) is 7.22. The molecule has 0 saturated carbocycles. The molecule has 0 aromatic carbocycles. The van der Waals surface area contributed by atoms with Gasteiger partial charge in [0.15, 0.2) is 0 Å². The third-order valence-corrected chi connectivity index (χ3v) is 6.20.